The summed E-state index contributed by atoms with van der Waals surface area (Å²) in [5, 5.41) is 2.66. The molecule has 0 radical (unpaired) electrons. The molecule has 9 nitrogen and oxygen atoms in total. The van der Waals surface area contributed by atoms with Crippen molar-refractivity contribution in [2.45, 2.75) is 45.8 Å². The van der Waals surface area contributed by atoms with E-state index >= 15 is 0 Å². The number of methoxy groups -OCH3 is 1. The van der Waals surface area contributed by atoms with Gasteiger partial charge in [-0.3, -0.25) is 9.78 Å². The first-order valence-electron chi connectivity index (χ1n) is 9.57. The predicted octanol–water partition coefficient (Wildman–Crippen LogP) is 2.36. The molecule has 2 aromatic rings. The van der Waals surface area contributed by atoms with Gasteiger partial charge >= 0.3 is 6.09 Å². The van der Waals surface area contributed by atoms with Gasteiger partial charge in [-0.25, -0.2) is 14.8 Å². The second kappa shape index (κ2) is 8.42. The number of fused-ring (bicyclic) bond motifs is 1. The van der Waals surface area contributed by atoms with Crippen LogP contribution in [0.1, 0.15) is 32.8 Å². The number of alkyl carbamates (subject to hydrolysis) is 1. The molecule has 2 aromatic heterocycles. The van der Waals surface area contributed by atoms with Gasteiger partial charge in [-0.15, -0.1) is 0 Å². The molecule has 1 aliphatic rings. The maximum absolute atomic E-state index is 12.8. The lowest BCUT2D eigenvalue weighted by Crippen LogP contribution is -2.54. The molecule has 0 saturated heterocycles. The Bertz CT molecular complexity index is 917. The summed E-state index contributed by atoms with van der Waals surface area (Å²) in [7, 11) is 3.07. The van der Waals surface area contributed by atoms with Crippen molar-refractivity contribution in [3.8, 4) is 11.4 Å². The lowest BCUT2D eigenvalue weighted by Gasteiger charge is -2.42. The third-order valence-electron chi connectivity index (χ3n) is 5.00. The smallest absolute Gasteiger partial charge is 0.407 e. The van der Waals surface area contributed by atoms with E-state index < -0.39 is 6.09 Å². The van der Waals surface area contributed by atoms with Crippen molar-refractivity contribution < 1.29 is 14.3 Å². The first-order valence-corrected chi connectivity index (χ1v) is 9.57. The highest BCUT2D eigenvalue weighted by Gasteiger charge is 2.38. The molecule has 9 heteroatoms. The van der Waals surface area contributed by atoms with Crippen LogP contribution in [0.3, 0.4) is 0 Å². The monoisotopic (exact) mass is 398 g/mol. The van der Waals surface area contributed by atoms with Crippen LogP contribution in [0.2, 0.25) is 0 Å². The summed E-state index contributed by atoms with van der Waals surface area (Å²) in [6.45, 7) is 6.33. The molecule has 0 bridgehead atoms. The Kier molecular flexibility index (Phi) is 5.95. The predicted molar refractivity (Wildman–Crippen MR) is 110 cm³/mol. The first kappa shape index (κ1) is 20.5. The van der Waals surface area contributed by atoms with Crippen molar-refractivity contribution in [3.05, 3.63) is 30.2 Å². The van der Waals surface area contributed by atoms with Crippen molar-refractivity contribution >= 4 is 23.5 Å². The van der Waals surface area contributed by atoms with Crippen LogP contribution in [0.15, 0.2) is 24.7 Å². The third kappa shape index (κ3) is 3.85. The summed E-state index contributed by atoms with van der Waals surface area (Å²) in [4.78, 5) is 41.4. The van der Waals surface area contributed by atoms with Crippen LogP contribution in [0.25, 0.3) is 11.4 Å². The zero-order valence-corrected chi connectivity index (χ0v) is 17.3. The molecule has 0 unspecified atom stereocenters. The van der Waals surface area contributed by atoms with Gasteiger partial charge in [0.05, 0.1) is 13.3 Å². The van der Waals surface area contributed by atoms with E-state index in [4.69, 9.17) is 4.98 Å². The van der Waals surface area contributed by atoms with Crippen LogP contribution in [0.5, 0.6) is 0 Å². The van der Waals surface area contributed by atoms with Crippen LogP contribution < -0.4 is 15.1 Å². The number of hydrogen-bond donors (Lipinski definition) is 1. The number of nitrogens with zero attached hydrogens (tertiary/aromatic N) is 5. The molecule has 0 spiro atoms. The number of likely N-dealkylation sites (N-methyl/N-ethyl adjacent to an activating group) is 1. The van der Waals surface area contributed by atoms with Crippen molar-refractivity contribution in [1.29, 1.82) is 0 Å². The van der Waals surface area contributed by atoms with Crippen LogP contribution in [-0.4, -0.2) is 53.2 Å². The van der Waals surface area contributed by atoms with Crippen LogP contribution in [0.4, 0.5) is 16.3 Å². The molecular weight excluding hydrogens is 372 g/mol. The molecule has 0 aliphatic carbocycles. The van der Waals surface area contributed by atoms with Crippen LogP contribution in [0, 0.1) is 0 Å². The van der Waals surface area contributed by atoms with Gasteiger partial charge in [0, 0.05) is 43.2 Å². The van der Waals surface area contributed by atoms with Gasteiger partial charge in [0.15, 0.2) is 11.6 Å². The zero-order valence-electron chi connectivity index (χ0n) is 17.3. The van der Waals surface area contributed by atoms with Crippen molar-refractivity contribution in [3.63, 3.8) is 0 Å². The van der Waals surface area contributed by atoms with E-state index in [1.807, 2.05) is 26.8 Å². The number of rotatable bonds is 5. The van der Waals surface area contributed by atoms with Gasteiger partial charge in [0.1, 0.15) is 11.7 Å². The molecule has 1 aliphatic heterocycles. The van der Waals surface area contributed by atoms with Gasteiger partial charge in [0.25, 0.3) is 0 Å². The Balaban J connectivity index is 2.06. The summed E-state index contributed by atoms with van der Waals surface area (Å²) < 4.78 is 4.63. The average Bonchev–Trinajstić information content (AvgIpc) is 2.73. The third-order valence-corrected chi connectivity index (χ3v) is 5.00. The van der Waals surface area contributed by atoms with E-state index in [9.17, 15) is 9.59 Å². The highest BCUT2D eigenvalue weighted by atomic mass is 16.5. The number of carbonyl (C=O) groups is 2. The van der Waals surface area contributed by atoms with E-state index in [0.29, 0.717) is 17.9 Å². The highest BCUT2D eigenvalue weighted by molar-refractivity contribution is 6.04. The van der Waals surface area contributed by atoms with Gasteiger partial charge in [0.2, 0.25) is 5.91 Å². The molecule has 1 N–H and O–H groups in total. The number of nitrogens with one attached hydrogen (secondary N) is 1. The quantitative estimate of drug-likeness (QED) is 0.825. The number of aromatic nitrogens is 3. The van der Waals surface area contributed by atoms with Gasteiger partial charge in [-0.2, -0.15) is 0 Å². The number of carbonyl (C=O) groups excluding carboxylic acids is 2. The lowest BCUT2D eigenvalue weighted by molar-refractivity contribution is -0.120. The minimum atomic E-state index is -0.525. The molecule has 0 fully saturated rings. The number of anilines is 2. The molecule has 2 amide bonds. The summed E-state index contributed by atoms with van der Waals surface area (Å²) in [5.74, 6) is 1.27. The number of pyridine rings is 1. The Labute approximate surface area is 170 Å². The van der Waals surface area contributed by atoms with Crippen molar-refractivity contribution in [2.24, 2.45) is 0 Å². The number of hydrogen-bond acceptors (Lipinski definition) is 7. The maximum atomic E-state index is 12.8. The summed E-state index contributed by atoms with van der Waals surface area (Å²) in [6, 6.07) is 1.63. The zero-order chi connectivity index (χ0) is 21.1. The maximum Gasteiger partial charge on any atom is 0.407 e. The van der Waals surface area contributed by atoms with Gasteiger partial charge in [-0.1, -0.05) is 6.92 Å². The second-order valence-corrected chi connectivity index (χ2v) is 7.10. The van der Waals surface area contributed by atoms with E-state index in [2.05, 4.69) is 24.9 Å². The minimum absolute atomic E-state index is 0.0388. The fraction of sp³-hybridized carbons (Fsp3) is 0.450. The molecule has 1 atom stereocenters. The molecule has 154 valence electrons. The Hall–Kier alpha value is -3.23. The van der Waals surface area contributed by atoms with Crippen LogP contribution >= 0.6 is 0 Å². The first-order chi connectivity index (χ1) is 13.9. The molecular formula is C20H26N6O3. The SMILES string of the molecule is CC[C@@H]1C(=O)N(C)c2cnc(-c3ccncc3CNC(=O)OC)nc2N1C(C)C. The normalized spacial score (nSPS) is 16.1. The Morgan fingerprint density at radius 1 is 1.34 bits per heavy atom. The van der Waals surface area contributed by atoms with Gasteiger partial charge < -0.3 is 19.9 Å². The standard InChI is InChI=1S/C20H26N6O3/c1-6-15-19(27)25(4)16-11-22-17(24-18(16)26(15)12(2)3)14-7-8-21-9-13(14)10-23-20(28)29-5/h7-9,11-12,15H,6,10H2,1-5H3,(H,23,28)/t15-/m1/s1. The summed E-state index contributed by atoms with van der Waals surface area (Å²) in [6.07, 6.45) is 5.16. The van der Waals surface area contributed by atoms with E-state index in [0.717, 1.165) is 16.9 Å². The highest BCUT2D eigenvalue weighted by Crippen LogP contribution is 2.37. The Morgan fingerprint density at radius 3 is 2.76 bits per heavy atom. The largest absolute Gasteiger partial charge is 0.453 e. The van der Waals surface area contributed by atoms with E-state index in [1.165, 1.54) is 7.11 Å². The fourth-order valence-electron chi connectivity index (χ4n) is 3.53. The number of amides is 2. The molecule has 29 heavy (non-hydrogen) atoms. The molecule has 3 heterocycles. The number of ether oxygens (including phenoxy) is 1. The lowest BCUT2D eigenvalue weighted by atomic mass is 10.0. The fourth-order valence-corrected chi connectivity index (χ4v) is 3.53. The molecule has 3 rings (SSSR count). The van der Waals surface area contributed by atoms with E-state index in [1.54, 1.807) is 30.5 Å². The van der Waals surface area contributed by atoms with E-state index in [-0.39, 0.29) is 24.5 Å². The Morgan fingerprint density at radius 2 is 2.10 bits per heavy atom. The minimum Gasteiger partial charge on any atom is -0.453 e. The van der Waals surface area contributed by atoms with Gasteiger partial charge in [-0.05, 0) is 26.3 Å². The molecule has 0 aromatic carbocycles. The topological polar surface area (TPSA) is 101 Å². The average molecular weight is 398 g/mol. The van der Waals surface area contributed by atoms with Crippen molar-refractivity contribution in [2.75, 3.05) is 24.0 Å². The summed E-state index contributed by atoms with van der Waals surface area (Å²) >= 11 is 0. The second-order valence-electron chi connectivity index (χ2n) is 7.10. The van der Waals surface area contributed by atoms with Crippen molar-refractivity contribution in [1.82, 2.24) is 20.3 Å². The molecule has 0 saturated carbocycles. The van der Waals surface area contributed by atoms with Crippen LogP contribution in [-0.2, 0) is 16.1 Å². The summed E-state index contributed by atoms with van der Waals surface area (Å²) in [5.41, 5.74) is 2.21.